The van der Waals surface area contributed by atoms with Crippen LogP contribution in [0.3, 0.4) is 0 Å². The van der Waals surface area contributed by atoms with Crippen LogP contribution in [0.15, 0.2) is 35.6 Å². The molecule has 6 nitrogen and oxygen atoms in total. The summed E-state index contributed by atoms with van der Waals surface area (Å²) in [5.74, 6) is 1.82. The van der Waals surface area contributed by atoms with E-state index in [-0.39, 0.29) is 0 Å². The average Bonchev–Trinajstić information content (AvgIpc) is 2.92. The molecule has 0 unspecified atom stereocenters. The third-order valence-corrected chi connectivity index (χ3v) is 3.51. The van der Waals surface area contributed by atoms with Gasteiger partial charge in [-0.25, -0.2) is 4.98 Å². The number of ether oxygens (including phenoxy) is 1. The molecule has 0 spiro atoms. The van der Waals surface area contributed by atoms with Crippen molar-refractivity contribution in [1.29, 1.82) is 0 Å². The molecule has 0 radical (unpaired) electrons. The molecule has 0 fully saturated rings. The van der Waals surface area contributed by atoms with E-state index >= 15 is 0 Å². The number of hydrogen-bond acceptors (Lipinski definition) is 6. The number of fused-ring (bicyclic) bond motifs is 1. The van der Waals surface area contributed by atoms with Gasteiger partial charge in [-0.05, 0) is 24.0 Å². The minimum atomic E-state index is 0.504. The molecule has 2 heterocycles. The summed E-state index contributed by atoms with van der Waals surface area (Å²) < 4.78 is 6.71. The number of nitrogens with zero attached hydrogens (tertiary/aromatic N) is 4. The normalized spacial score (nSPS) is 10.9. The molecular formula is C13H13N5OS. The number of nitrogen functional groups attached to an aromatic ring is 1. The molecule has 7 heteroatoms. The van der Waals surface area contributed by atoms with Gasteiger partial charge in [0.05, 0.1) is 7.11 Å². The number of anilines is 1. The van der Waals surface area contributed by atoms with Crippen LogP contribution < -0.4 is 10.5 Å². The first-order chi connectivity index (χ1) is 9.72. The molecule has 3 aromatic rings. The lowest BCUT2D eigenvalue weighted by Crippen LogP contribution is -2.02. The second kappa shape index (κ2) is 5.01. The van der Waals surface area contributed by atoms with Gasteiger partial charge in [0, 0.05) is 11.8 Å². The van der Waals surface area contributed by atoms with Crippen molar-refractivity contribution in [2.24, 2.45) is 0 Å². The van der Waals surface area contributed by atoms with Crippen LogP contribution >= 0.6 is 11.8 Å². The highest BCUT2D eigenvalue weighted by atomic mass is 32.2. The summed E-state index contributed by atoms with van der Waals surface area (Å²) in [5.41, 5.74) is 7.94. The highest BCUT2D eigenvalue weighted by molar-refractivity contribution is 7.98. The molecule has 0 aliphatic carbocycles. The van der Waals surface area contributed by atoms with E-state index in [1.165, 1.54) is 11.8 Å². The lowest BCUT2D eigenvalue weighted by molar-refractivity contribution is 0.415. The Bertz CT molecular complexity index is 753. The van der Waals surface area contributed by atoms with Crippen molar-refractivity contribution in [1.82, 2.24) is 19.6 Å². The van der Waals surface area contributed by atoms with E-state index in [0.29, 0.717) is 16.8 Å². The second-order valence-electron chi connectivity index (χ2n) is 4.10. The van der Waals surface area contributed by atoms with E-state index in [1.807, 2.05) is 30.5 Å². The van der Waals surface area contributed by atoms with Crippen molar-refractivity contribution >= 4 is 23.4 Å². The summed E-state index contributed by atoms with van der Waals surface area (Å²) >= 11 is 1.45. The zero-order valence-corrected chi connectivity index (χ0v) is 11.9. The summed E-state index contributed by atoms with van der Waals surface area (Å²) in [4.78, 5) is 8.55. The van der Waals surface area contributed by atoms with Gasteiger partial charge in [-0.2, -0.15) is 9.50 Å². The number of aromatic nitrogens is 4. The minimum absolute atomic E-state index is 0.504. The van der Waals surface area contributed by atoms with Crippen molar-refractivity contribution in [3.63, 3.8) is 0 Å². The van der Waals surface area contributed by atoms with Gasteiger partial charge in [0.15, 0.2) is 0 Å². The predicted octanol–water partition coefficient (Wildman–Crippen LogP) is 2.10. The van der Waals surface area contributed by atoms with Crippen molar-refractivity contribution in [3.8, 4) is 16.9 Å². The lowest BCUT2D eigenvalue weighted by Gasteiger charge is -2.07. The molecule has 0 aliphatic heterocycles. The van der Waals surface area contributed by atoms with Crippen LogP contribution in [0.5, 0.6) is 5.75 Å². The maximum atomic E-state index is 6.17. The molecule has 2 N–H and O–H groups in total. The quantitative estimate of drug-likeness (QED) is 0.743. The van der Waals surface area contributed by atoms with Crippen molar-refractivity contribution < 1.29 is 4.74 Å². The van der Waals surface area contributed by atoms with Crippen molar-refractivity contribution in [2.75, 3.05) is 19.1 Å². The van der Waals surface area contributed by atoms with Crippen LogP contribution in [-0.2, 0) is 0 Å². The Balaban J connectivity index is 2.12. The van der Waals surface area contributed by atoms with Crippen LogP contribution in [-0.4, -0.2) is 32.9 Å². The van der Waals surface area contributed by atoms with E-state index in [0.717, 1.165) is 16.9 Å². The zero-order chi connectivity index (χ0) is 14.1. The first-order valence-electron chi connectivity index (χ1n) is 5.92. The highest BCUT2D eigenvalue weighted by Gasteiger charge is 2.11. The highest BCUT2D eigenvalue weighted by Crippen LogP contribution is 2.27. The van der Waals surface area contributed by atoms with Gasteiger partial charge >= 0.3 is 0 Å². The lowest BCUT2D eigenvalue weighted by atomic mass is 10.1. The number of nitrogens with two attached hydrogens (primary N) is 1. The zero-order valence-electron chi connectivity index (χ0n) is 11.1. The van der Waals surface area contributed by atoms with Crippen LogP contribution in [0.25, 0.3) is 16.9 Å². The summed E-state index contributed by atoms with van der Waals surface area (Å²) in [5, 5.41) is 4.96. The summed E-state index contributed by atoms with van der Waals surface area (Å²) in [6.07, 6.45) is 3.63. The number of thioether (sulfide) groups is 1. The van der Waals surface area contributed by atoms with Gasteiger partial charge < -0.3 is 10.5 Å². The van der Waals surface area contributed by atoms with E-state index in [9.17, 15) is 0 Å². The van der Waals surface area contributed by atoms with Crippen molar-refractivity contribution in [2.45, 2.75) is 5.16 Å². The van der Waals surface area contributed by atoms with Crippen LogP contribution in [0.4, 0.5) is 5.82 Å². The molecule has 20 heavy (non-hydrogen) atoms. The SMILES string of the molecule is COc1ccc(-c2cnc3nc(SC)nn3c2N)cc1. The fraction of sp³-hybridized carbons (Fsp3) is 0.154. The summed E-state index contributed by atoms with van der Waals surface area (Å²) in [6, 6.07) is 7.64. The Morgan fingerprint density at radius 3 is 2.65 bits per heavy atom. The molecular weight excluding hydrogens is 274 g/mol. The fourth-order valence-corrected chi connectivity index (χ4v) is 2.25. The number of hydrogen-bond donors (Lipinski definition) is 1. The second-order valence-corrected chi connectivity index (χ2v) is 4.87. The largest absolute Gasteiger partial charge is 0.497 e. The third-order valence-electron chi connectivity index (χ3n) is 2.97. The van der Waals surface area contributed by atoms with Gasteiger partial charge in [-0.3, -0.25) is 0 Å². The van der Waals surface area contributed by atoms with Gasteiger partial charge in [0.1, 0.15) is 11.6 Å². The van der Waals surface area contributed by atoms with Crippen molar-refractivity contribution in [3.05, 3.63) is 30.5 Å². The Morgan fingerprint density at radius 1 is 1.25 bits per heavy atom. The maximum Gasteiger partial charge on any atom is 0.255 e. The Kier molecular flexibility index (Phi) is 3.19. The summed E-state index contributed by atoms with van der Waals surface area (Å²) in [6.45, 7) is 0. The molecule has 2 aromatic heterocycles. The van der Waals surface area contributed by atoms with Crippen LogP contribution in [0.2, 0.25) is 0 Å². The molecule has 0 saturated heterocycles. The average molecular weight is 287 g/mol. The first-order valence-corrected chi connectivity index (χ1v) is 7.15. The molecule has 1 aromatic carbocycles. The van der Waals surface area contributed by atoms with E-state index in [4.69, 9.17) is 10.5 Å². The number of methoxy groups -OCH3 is 1. The topological polar surface area (TPSA) is 78.3 Å². The molecule has 0 bridgehead atoms. The third kappa shape index (κ3) is 2.05. The monoisotopic (exact) mass is 287 g/mol. The Morgan fingerprint density at radius 2 is 2.00 bits per heavy atom. The molecule has 0 aliphatic rings. The molecule has 0 saturated carbocycles. The number of benzene rings is 1. The standard InChI is InChI=1S/C13H13N5OS/c1-19-9-5-3-8(4-6-9)10-7-15-12-16-13(20-2)17-18(12)11(10)14/h3-7H,14H2,1-2H3. The van der Waals surface area contributed by atoms with Crippen LogP contribution in [0, 0.1) is 0 Å². The summed E-state index contributed by atoms with van der Waals surface area (Å²) in [7, 11) is 1.64. The minimum Gasteiger partial charge on any atom is -0.497 e. The van der Waals surface area contributed by atoms with E-state index in [1.54, 1.807) is 17.8 Å². The van der Waals surface area contributed by atoms with Gasteiger partial charge in [0.2, 0.25) is 5.16 Å². The first kappa shape index (κ1) is 12.7. The molecule has 0 amide bonds. The fourth-order valence-electron chi connectivity index (χ4n) is 1.91. The molecule has 3 rings (SSSR count). The van der Waals surface area contributed by atoms with Gasteiger partial charge in [-0.1, -0.05) is 23.9 Å². The van der Waals surface area contributed by atoms with E-state index < -0.39 is 0 Å². The van der Waals surface area contributed by atoms with Gasteiger partial charge in [0.25, 0.3) is 5.78 Å². The van der Waals surface area contributed by atoms with Crippen LogP contribution in [0.1, 0.15) is 0 Å². The smallest absolute Gasteiger partial charge is 0.255 e. The molecule has 0 atom stereocenters. The van der Waals surface area contributed by atoms with E-state index in [2.05, 4.69) is 15.1 Å². The maximum absolute atomic E-state index is 6.17. The van der Waals surface area contributed by atoms with Gasteiger partial charge in [-0.15, -0.1) is 5.10 Å². The molecule has 102 valence electrons. The Labute approximate surface area is 120 Å². The predicted molar refractivity (Wildman–Crippen MR) is 79.0 cm³/mol. The Hall–Kier alpha value is -2.28. The number of rotatable bonds is 3.